The maximum Gasteiger partial charge on any atom is 0.309 e. The second kappa shape index (κ2) is 9.07. The van der Waals surface area contributed by atoms with Crippen LogP contribution in [0.25, 0.3) is 0 Å². The van der Waals surface area contributed by atoms with Crippen molar-refractivity contribution < 1.29 is 22.7 Å². The van der Waals surface area contributed by atoms with E-state index in [-0.39, 0.29) is 18.5 Å². The van der Waals surface area contributed by atoms with Gasteiger partial charge in [0.1, 0.15) is 23.2 Å². The third-order valence-corrected chi connectivity index (χ3v) is 7.94. The predicted octanol–water partition coefficient (Wildman–Crippen LogP) is 3.39. The number of rotatable bonds is 7. The zero-order valence-electron chi connectivity index (χ0n) is 16.1. The standard InChI is InChI=1S/C20H25NO5S2/c1-15-12-16(2)14-18(13-15)25-9-10-26-20(22)17-5-7-21(8-6-17)28(23,24)19-4-3-11-27-19/h3-4,11-14,17H,5-10H2,1-2H3. The Kier molecular flexibility index (Phi) is 6.74. The first kappa shape index (κ1) is 20.8. The van der Waals surface area contributed by atoms with Crippen molar-refractivity contribution in [3.05, 3.63) is 46.8 Å². The van der Waals surface area contributed by atoms with E-state index in [2.05, 4.69) is 6.07 Å². The van der Waals surface area contributed by atoms with Crippen molar-refractivity contribution >= 4 is 27.3 Å². The first-order valence-electron chi connectivity index (χ1n) is 9.27. The van der Waals surface area contributed by atoms with Crippen LogP contribution in [0, 0.1) is 19.8 Å². The molecule has 8 heteroatoms. The van der Waals surface area contributed by atoms with E-state index >= 15 is 0 Å². The van der Waals surface area contributed by atoms with Crippen LogP contribution in [0.15, 0.2) is 39.9 Å². The van der Waals surface area contributed by atoms with Gasteiger partial charge in [-0.25, -0.2) is 8.42 Å². The van der Waals surface area contributed by atoms with Gasteiger partial charge in [-0.05, 0) is 61.4 Å². The number of sulfonamides is 1. The van der Waals surface area contributed by atoms with Crippen LogP contribution >= 0.6 is 11.3 Å². The molecule has 0 N–H and O–H groups in total. The molecule has 0 saturated carbocycles. The zero-order valence-corrected chi connectivity index (χ0v) is 17.7. The summed E-state index contributed by atoms with van der Waals surface area (Å²) in [6.07, 6.45) is 0.947. The fourth-order valence-electron chi connectivity index (χ4n) is 3.31. The second-order valence-corrected chi connectivity index (χ2v) is 10.1. The van der Waals surface area contributed by atoms with Gasteiger partial charge >= 0.3 is 5.97 Å². The Bertz CT molecular complexity index is 880. The molecule has 2 heterocycles. The highest BCUT2D eigenvalue weighted by Crippen LogP contribution is 2.26. The molecule has 3 rings (SSSR count). The fraction of sp³-hybridized carbons (Fsp3) is 0.450. The minimum atomic E-state index is -3.45. The molecule has 0 atom stereocenters. The Morgan fingerprint density at radius 1 is 1.14 bits per heavy atom. The Morgan fingerprint density at radius 3 is 2.43 bits per heavy atom. The fourth-order valence-corrected chi connectivity index (χ4v) is 5.92. The molecule has 1 fully saturated rings. The first-order valence-corrected chi connectivity index (χ1v) is 11.6. The number of esters is 1. The minimum absolute atomic E-state index is 0.180. The molecule has 1 aromatic heterocycles. The van der Waals surface area contributed by atoms with Crippen LogP contribution in [0.3, 0.4) is 0 Å². The van der Waals surface area contributed by atoms with Crippen molar-refractivity contribution in [3.63, 3.8) is 0 Å². The number of piperidine rings is 1. The summed E-state index contributed by atoms with van der Waals surface area (Å²) in [6, 6.07) is 9.28. The lowest BCUT2D eigenvalue weighted by Crippen LogP contribution is -2.40. The Labute approximate surface area is 170 Å². The highest BCUT2D eigenvalue weighted by Gasteiger charge is 2.33. The van der Waals surface area contributed by atoms with E-state index in [0.717, 1.165) is 16.9 Å². The number of aryl methyl sites for hydroxylation is 2. The van der Waals surface area contributed by atoms with Gasteiger partial charge in [0.25, 0.3) is 10.0 Å². The summed E-state index contributed by atoms with van der Waals surface area (Å²) in [5, 5.41) is 1.75. The van der Waals surface area contributed by atoms with E-state index in [1.807, 2.05) is 26.0 Å². The lowest BCUT2D eigenvalue weighted by atomic mass is 9.98. The molecular formula is C20H25NO5S2. The molecule has 6 nitrogen and oxygen atoms in total. The SMILES string of the molecule is Cc1cc(C)cc(OCCOC(=O)C2CCN(S(=O)(=O)c3cccs3)CC2)c1. The third-order valence-electron chi connectivity index (χ3n) is 4.67. The second-order valence-electron chi connectivity index (χ2n) is 6.95. The van der Waals surface area contributed by atoms with Crippen LogP contribution in [-0.4, -0.2) is 45.0 Å². The van der Waals surface area contributed by atoms with Crippen LogP contribution in [0.5, 0.6) is 5.75 Å². The smallest absolute Gasteiger partial charge is 0.309 e. The van der Waals surface area contributed by atoms with E-state index in [1.165, 1.54) is 15.6 Å². The van der Waals surface area contributed by atoms with Crippen molar-refractivity contribution in [2.24, 2.45) is 5.92 Å². The lowest BCUT2D eigenvalue weighted by molar-refractivity contribution is -0.150. The van der Waals surface area contributed by atoms with Gasteiger partial charge in [-0.15, -0.1) is 11.3 Å². The average Bonchev–Trinajstić information content (AvgIpc) is 3.20. The van der Waals surface area contributed by atoms with Crippen molar-refractivity contribution in [3.8, 4) is 5.75 Å². The van der Waals surface area contributed by atoms with E-state index in [4.69, 9.17) is 9.47 Å². The van der Waals surface area contributed by atoms with Crippen LogP contribution in [0.1, 0.15) is 24.0 Å². The molecule has 0 spiro atoms. The number of hydrogen-bond donors (Lipinski definition) is 0. The molecule has 0 aliphatic carbocycles. The van der Waals surface area contributed by atoms with Gasteiger partial charge in [-0.1, -0.05) is 12.1 Å². The summed E-state index contributed by atoms with van der Waals surface area (Å²) < 4.78 is 37.8. The predicted molar refractivity (Wildman–Crippen MR) is 108 cm³/mol. The zero-order chi connectivity index (χ0) is 20.1. The minimum Gasteiger partial charge on any atom is -0.490 e. The third kappa shape index (κ3) is 5.12. The summed E-state index contributed by atoms with van der Waals surface area (Å²) in [6.45, 7) is 5.15. The summed E-state index contributed by atoms with van der Waals surface area (Å²) in [5.41, 5.74) is 2.24. The largest absolute Gasteiger partial charge is 0.490 e. The van der Waals surface area contributed by atoms with Gasteiger partial charge in [-0.2, -0.15) is 4.31 Å². The van der Waals surface area contributed by atoms with Crippen LogP contribution < -0.4 is 4.74 Å². The monoisotopic (exact) mass is 423 g/mol. The molecule has 2 aromatic rings. The van der Waals surface area contributed by atoms with E-state index in [0.29, 0.717) is 36.7 Å². The summed E-state index contributed by atoms with van der Waals surface area (Å²) >= 11 is 1.21. The van der Waals surface area contributed by atoms with Gasteiger partial charge < -0.3 is 9.47 Å². The van der Waals surface area contributed by atoms with Gasteiger partial charge in [-0.3, -0.25) is 4.79 Å². The number of ether oxygens (including phenoxy) is 2. The van der Waals surface area contributed by atoms with Crippen molar-refractivity contribution in [2.45, 2.75) is 30.9 Å². The molecule has 1 saturated heterocycles. The number of carbonyl (C=O) groups is 1. The van der Waals surface area contributed by atoms with Gasteiger partial charge in [0, 0.05) is 13.1 Å². The normalized spacial score (nSPS) is 16.1. The van der Waals surface area contributed by atoms with Gasteiger partial charge in [0.2, 0.25) is 0 Å². The number of carbonyl (C=O) groups excluding carboxylic acids is 1. The van der Waals surface area contributed by atoms with Crippen LogP contribution in [-0.2, 0) is 19.6 Å². The molecule has 152 valence electrons. The maximum absolute atomic E-state index is 12.5. The van der Waals surface area contributed by atoms with Crippen molar-refractivity contribution in [1.29, 1.82) is 0 Å². The Hall–Kier alpha value is -1.90. The number of nitrogens with zero attached hydrogens (tertiary/aromatic N) is 1. The molecular weight excluding hydrogens is 398 g/mol. The lowest BCUT2D eigenvalue weighted by Gasteiger charge is -2.29. The van der Waals surface area contributed by atoms with Crippen LogP contribution in [0.4, 0.5) is 0 Å². The highest BCUT2D eigenvalue weighted by atomic mass is 32.2. The molecule has 0 bridgehead atoms. The summed E-state index contributed by atoms with van der Waals surface area (Å²) in [4.78, 5) is 12.3. The maximum atomic E-state index is 12.5. The van der Waals surface area contributed by atoms with Crippen molar-refractivity contribution in [2.75, 3.05) is 26.3 Å². The molecule has 1 aliphatic rings. The number of hydrogen-bond acceptors (Lipinski definition) is 6. The molecule has 0 radical (unpaired) electrons. The van der Waals surface area contributed by atoms with Crippen LogP contribution in [0.2, 0.25) is 0 Å². The van der Waals surface area contributed by atoms with Gasteiger partial charge in [0.05, 0.1) is 5.92 Å². The molecule has 1 aromatic carbocycles. The highest BCUT2D eigenvalue weighted by molar-refractivity contribution is 7.91. The van der Waals surface area contributed by atoms with Gasteiger partial charge in [0.15, 0.2) is 0 Å². The number of benzene rings is 1. The van der Waals surface area contributed by atoms with E-state index in [1.54, 1.807) is 17.5 Å². The Balaban J connectivity index is 1.42. The van der Waals surface area contributed by atoms with Crippen molar-refractivity contribution in [1.82, 2.24) is 4.31 Å². The first-order chi connectivity index (χ1) is 13.4. The molecule has 0 amide bonds. The summed E-state index contributed by atoms with van der Waals surface area (Å²) in [7, 11) is -3.45. The van der Waals surface area contributed by atoms with E-state index in [9.17, 15) is 13.2 Å². The molecule has 28 heavy (non-hydrogen) atoms. The average molecular weight is 424 g/mol. The number of thiophene rings is 1. The van der Waals surface area contributed by atoms with E-state index < -0.39 is 10.0 Å². The topological polar surface area (TPSA) is 72.9 Å². The quantitative estimate of drug-likeness (QED) is 0.504. The Morgan fingerprint density at radius 2 is 1.82 bits per heavy atom. The molecule has 0 unspecified atom stereocenters. The molecule has 1 aliphatic heterocycles. The summed E-state index contributed by atoms with van der Waals surface area (Å²) in [5.74, 6) is 0.217.